The minimum Gasteiger partial charge on any atom is -0.490 e. The van der Waals surface area contributed by atoms with E-state index in [0.717, 1.165) is 10.6 Å². The number of hydrogen-bond donors (Lipinski definition) is 0. The number of benzene rings is 1. The number of rotatable bonds is 6. The summed E-state index contributed by atoms with van der Waals surface area (Å²) >= 11 is 3.00. The molecule has 1 aromatic carbocycles. The van der Waals surface area contributed by atoms with Crippen LogP contribution in [0.4, 0.5) is 0 Å². The highest BCUT2D eigenvalue weighted by atomic mass is 32.1. The summed E-state index contributed by atoms with van der Waals surface area (Å²) in [4.78, 5) is 16.2. The van der Waals surface area contributed by atoms with Crippen LogP contribution in [0.2, 0.25) is 0 Å². The number of ether oxygens (including phenoxy) is 2. The summed E-state index contributed by atoms with van der Waals surface area (Å²) in [5.41, 5.74) is 1.88. The van der Waals surface area contributed by atoms with E-state index in [1.54, 1.807) is 41.0 Å². The fraction of sp³-hybridized carbons (Fsp3) is 0.118. The minimum absolute atomic E-state index is 0.129. The molecule has 5 nitrogen and oxygen atoms in total. The molecule has 0 aliphatic rings. The zero-order valence-corrected chi connectivity index (χ0v) is 14.1. The van der Waals surface area contributed by atoms with Crippen LogP contribution in [0.25, 0.3) is 10.6 Å². The van der Waals surface area contributed by atoms with Gasteiger partial charge in [-0.05, 0) is 35.7 Å². The molecule has 0 saturated heterocycles. The lowest BCUT2D eigenvalue weighted by molar-refractivity contribution is 0.0444. The van der Waals surface area contributed by atoms with Gasteiger partial charge in [0.05, 0.1) is 11.6 Å². The largest absolute Gasteiger partial charge is 0.490 e. The third kappa shape index (κ3) is 3.98. The molecule has 120 valence electrons. The normalized spacial score (nSPS) is 10.1. The maximum atomic E-state index is 12.0. The average molecular weight is 356 g/mol. The molecule has 0 saturated carbocycles. The summed E-state index contributed by atoms with van der Waals surface area (Å²) in [6, 6.07) is 10.7. The quantitative estimate of drug-likeness (QED) is 0.493. The predicted molar refractivity (Wildman–Crippen MR) is 92.4 cm³/mol. The topological polar surface area (TPSA) is 72.2 Å². The van der Waals surface area contributed by atoms with Gasteiger partial charge in [-0.2, -0.15) is 16.6 Å². The molecule has 7 heteroatoms. The number of thiazole rings is 1. The monoisotopic (exact) mass is 356 g/mol. The number of carbonyl (C=O) groups excluding carboxylic acids is 1. The predicted octanol–water partition coefficient (Wildman–Crippen LogP) is 3.98. The second-order valence-corrected chi connectivity index (χ2v) is 6.31. The van der Waals surface area contributed by atoms with Crippen molar-refractivity contribution in [1.82, 2.24) is 4.98 Å². The molecule has 3 aromatic rings. The molecule has 0 fully saturated rings. The van der Waals surface area contributed by atoms with Crippen LogP contribution in [0.1, 0.15) is 16.1 Å². The Hall–Kier alpha value is -2.69. The van der Waals surface area contributed by atoms with Crippen LogP contribution in [-0.2, 0) is 4.74 Å². The Bertz CT molecular complexity index is 849. The van der Waals surface area contributed by atoms with Crippen LogP contribution in [0, 0.1) is 11.3 Å². The molecule has 24 heavy (non-hydrogen) atoms. The van der Waals surface area contributed by atoms with Gasteiger partial charge in [0.2, 0.25) is 0 Å². The van der Waals surface area contributed by atoms with Crippen LogP contribution in [-0.4, -0.2) is 24.2 Å². The van der Waals surface area contributed by atoms with Crippen molar-refractivity contribution in [2.75, 3.05) is 13.2 Å². The Kier molecular flexibility index (Phi) is 5.21. The van der Waals surface area contributed by atoms with Crippen LogP contribution in [0.15, 0.2) is 46.5 Å². The van der Waals surface area contributed by atoms with E-state index < -0.39 is 5.97 Å². The number of esters is 1. The van der Waals surface area contributed by atoms with Crippen molar-refractivity contribution in [3.63, 3.8) is 0 Å². The molecule has 2 heterocycles. The van der Waals surface area contributed by atoms with Crippen molar-refractivity contribution in [1.29, 1.82) is 5.26 Å². The highest BCUT2D eigenvalue weighted by Crippen LogP contribution is 2.25. The number of thiophene rings is 1. The number of hydrogen-bond acceptors (Lipinski definition) is 7. The molecule has 0 aliphatic carbocycles. The summed E-state index contributed by atoms with van der Waals surface area (Å²) in [7, 11) is 0. The van der Waals surface area contributed by atoms with E-state index >= 15 is 0 Å². The van der Waals surface area contributed by atoms with Gasteiger partial charge in [-0.15, -0.1) is 11.3 Å². The van der Waals surface area contributed by atoms with E-state index in [0.29, 0.717) is 17.0 Å². The van der Waals surface area contributed by atoms with Gasteiger partial charge in [-0.1, -0.05) is 0 Å². The van der Waals surface area contributed by atoms with Gasteiger partial charge in [-0.3, -0.25) is 0 Å². The number of nitriles is 1. The Balaban J connectivity index is 1.46. The molecule has 3 rings (SSSR count). The maximum absolute atomic E-state index is 12.0. The van der Waals surface area contributed by atoms with Crippen LogP contribution >= 0.6 is 22.7 Å². The number of carbonyl (C=O) groups is 1. The van der Waals surface area contributed by atoms with Crippen LogP contribution < -0.4 is 4.74 Å². The van der Waals surface area contributed by atoms with E-state index in [1.807, 2.05) is 22.9 Å². The highest BCUT2D eigenvalue weighted by molar-refractivity contribution is 7.14. The molecular formula is C17H12N2O3S2. The van der Waals surface area contributed by atoms with Crippen molar-refractivity contribution < 1.29 is 14.3 Å². The summed E-state index contributed by atoms with van der Waals surface area (Å²) in [6.07, 6.45) is 0. The smallest absolute Gasteiger partial charge is 0.357 e. The summed E-state index contributed by atoms with van der Waals surface area (Å²) in [5.74, 6) is 0.162. The molecule has 0 radical (unpaired) electrons. The first-order valence-electron chi connectivity index (χ1n) is 7.04. The van der Waals surface area contributed by atoms with Gasteiger partial charge in [0.25, 0.3) is 0 Å². The zero-order chi connectivity index (χ0) is 16.8. The van der Waals surface area contributed by atoms with Gasteiger partial charge in [-0.25, -0.2) is 9.78 Å². The fourth-order valence-electron chi connectivity index (χ4n) is 1.88. The molecule has 2 aromatic heterocycles. The number of aromatic nitrogens is 1. The standard InChI is InChI=1S/C17H12N2O3S2/c18-9-12-1-3-14(4-2-12)21-6-7-22-17(20)15-11-24-16(19-15)13-5-8-23-10-13/h1-5,8,10-11H,6-7H2. The van der Waals surface area contributed by atoms with E-state index in [4.69, 9.17) is 14.7 Å². The molecule has 0 aliphatic heterocycles. The molecule has 0 unspecified atom stereocenters. The second kappa shape index (κ2) is 7.73. The first kappa shape index (κ1) is 16.2. The van der Waals surface area contributed by atoms with E-state index in [1.165, 1.54) is 11.3 Å². The Morgan fingerprint density at radius 2 is 2.00 bits per heavy atom. The Morgan fingerprint density at radius 3 is 2.71 bits per heavy atom. The lowest BCUT2D eigenvalue weighted by Crippen LogP contribution is -2.12. The number of nitrogens with zero attached hydrogens (tertiary/aromatic N) is 2. The SMILES string of the molecule is N#Cc1ccc(OCCOC(=O)c2csc(-c3ccsc3)n2)cc1. The first-order chi connectivity index (χ1) is 11.8. The zero-order valence-electron chi connectivity index (χ0n) is 12.5. The molecule has 0 atom stereocenters. The van der Waals surface area contributed by atoms with Crippen molar-refractivity contribution in [3.8, 4) is 22.4 Å². The highest BCUT2D eigenvalue weighted by Gasteiger charge is 2.13. The van der Waals surface area contributed by atoms with Gasteiger partial charge >= 0.3 is 5.97 Å². The molecule has 0 bridgehead atoms. The third-order valence-corrected chi connectivity index (χ3v) is 4.62. The maximum Gasteiger partial charge on any atom is 0.357 e. The van der Waals surface area contributed by atoms with Crippen molar-refractivity contribution >= 4 is 28.6 Å². The summed E-state index contributed by atoms with van der Waals surface area (Å²) < 4.78 is 10.6. The summed E-state index contributed by atoms with van der Waals surface area (Å²) in [5, 5.41) is 15.2. The van der Waals surface area contributed by atoms with E-state index in [2.05, 4.69) is 4.98 Å². The van der Waals surface area contributed by atoms with Crippen LogP contribution in [0.5, 0.6) is 5.75 Å². The molecular weight excluding hydrogens is 344 g/mol. The Morgan fingerprint density at radius 1 is 1.17 bits per heavy atom. The van der Waals surface area contributed by atoms with Gasteiger partial charge in [0, 0.05) is 16.3 Å². The van der Waals surface area contributed by atoms with E-state index in [9.17, 15) is 4.79 Å². The molecule has 0 N–H and O–H groups in total. The minimum atomic E-state index is -0.462. The fourth-order valence-corrected chi connectivity index (χ4v) is 3.38. The van der Waals surface area contributed by atoms with Crippen molar-refractivity contribution in [3.05, 3.63) is 57.7 Å². The van der Waals surface area contributed by atoms with Gasteiger partial charge < -0.3 is 9.47 Å². The van der Waals surface area contributed by atoms with Crippen molar-refractivity contribution in [2.24, 2.45) is 0 Å². The van der Waals surface area contributed by atoms with E-state index in [-0.39, 0.29) is 13.2 Å². The van der Waals surface area contributed by atoms with Crippen LogP contribution in [0.3, 0.4) is 0 Å². The molecule has 0 spiro atoms. The molecule has 0 amide bonds. The summed E-state index contributed by atoms with van der Waals surface area (Å²) in [6.45, 7) is 0.364. The lowest BCUT2D eigenvalue weighted by Gasteiger charge is -2.06. The first-order valence-corrected chi connectivity index (χ1v) is 8.86. The van der Waals surface area contributed by atoms with Gasteiger partial charge in [0.15, 0.2) is 5.69 Å². The Labute approximate surface area is 146 Å². The average Bonchev–Trinajstić information content (AvgIpc) is 3.30. The third-order valence-electron chi connectivity index (χ3n) is 3.05. The van der Waals surface area contributed by atoms with Gasteiger partial charge in [0.1, 0.15) is 24.0 Å². The van der Waals surface area contributed by atoms with Crippen molar-refractivity contribution in [2.45, 2.75) is 0 Å². The lowest BCUT2D eigenvalue weighted by atomic mass is 10.2. The second-order valence-electron chi connectivity index (χ2n) is 4.67.